The number of benzene rings is 1. The van der Waals surface area contributed by atoms with E-state index in [-0.39, 0.29) is 12.2 Å². The summed E-state index contributed by atoms with van der Waals surface area (Å²) < 4.78 is 16.5. The van der Waals surface area contributed by atoms with Gasteiger partial charge < -0.3 is 24.6 Å². The lowest BCUT2D eigenvalue weighted by molar-refractivity contribution is -0.163. The summed E-state index contributed by atoms with van der Waals surface area (Å²) in [6.45, 7) is 15.7. The maximum Gasteiger partial charge on any atom is 0.408 e. The number of carbonyl (C=O) groups is 3. The van der Waals surface area contributed by atoms with E-state index in [0.29, 0.717) is 19.3 Å². The molecule has 0 aromatic heterocycles. The van der Waals surface area contributed by atoms with E-state index in [1.807, 2.05) is 12.1 Å². The number of phenolic OH excluding ortho intramolecular Hbond substituents is 1. The third-order valence-electron chi connectivity index (χ3n) is 4.60. The van der Waals surface area contributed by atoms with Gasteiger partial charge in [0.05, 0.1) is 5.92 Å². The second kappa shape index (κ2) is 12.3. The van der Waals surface area contributed by atoms with Gasteiger partial charge in [-0.2, -0.15) is 0 Å². The van der Waals surface area contributed by atoms with Crippen molar-refractivity contribution in [2.45, 2.75) is 111 Å². The standard InChI is InChI=1S/C27H43NO7/c1-25(2,3)33-22(30)19(12-10-11-18-13-15-20(29)16-14-18)17-21(23(31)34-26(4,5)6)28-24(32)35-27(7,8)9/h13-16,19,21,29H,10-12,17H2,1-9H3,(H,28,32)/t19?,21-/m0/s1. The average Bonchev–Trinajstić information content (AvgIpc) is 2.63. The van der Waals surface area contributed by atoms with Crippen LogP contribution in [-0.2, 0) is 30.2 Å². The highest BCUT2D eigenvalue weighted by Gasteiger charge is 2.34. The molecule has 0 aliphatic rings. The number of aryl methyl sites for hydroxylation is 1. The van der Waals surface area contributed by atoms with Gasteiger partial charge in [0.25, 0.3) is 0 Å². The molecule has 1 rings (SSSR count). The molecule has 0 spiro atoms. The molecule has 0 radical (unpaired) electrons. The fourth-order valence-electron chi connectivity index (χ4n) is 3.25. The van der Waals surface area contributed by atoms with Crippen molar-refractivity contribution < 1.29 is 33.7 Å². The number of nitrogens with one attached hydrogen (secondary N) is 1. The SMILES string of the molecule is CC(C)(C)OC(=O)N[C@@H](CC(CCCc1ccc(O)cc1)C(=O)OC(C)(C)C)C(=O)OC(C)(C)C. The van der Waals surface area contributed by atoms with E-state index < -0.39 is 46.8 Å². The van der Waals surface area contributed by atoms with E-state index in [1.165, 1.54) is 0 Å². The van der Waals surface area contributed by atoms with Crippen molar-refractivity contribution in [2.24, 2.45) is 5.92 Å². The van der Waals surface area contributed by atoms with Crippen molar-refractivity contribution in [2.75, 3.05) is 0 Å². The number of rotatable bonds is 9. The third kappa shape index (κ3) is 13.6. The van der Waals surface area contributed by atoms with Crippen LogP contribution in [0.3, 0.4) is 0 Å². The first-order valence-electron chi connectivity index (χ1n) is 12.1. The lowest BCUT2D eigenvalue weighted by Gasteiger charge is -2.29. The summed E-state index contributed by atoms with van der Waals surface area (Å²) in [6.07, 6.45) is 1.00. The molecule has 0 bridgehead atoms. The van der Waals surface area contributed by atoms with Gasteiger partial charge in [-0.25, -0.2) is 9.59 Å². The first-order chi connectivity index (χ1) is 15.8. The molecule has 2 atom stereocenters. The lowest BCUT2D eigenvalue weighted by Crippen LogP contribution is -2.47. The molecule has 2 N–H and O–H groups in total. The minimum absolute atomic E-state index is 0.0125. The normalized spacial score (nSPS) is 14.0. The fraction of sp³-hybridized carbons (Fsp3) is 0.667. The monoisotopic (exact) mass is 493 g/mol. The van der Waals surface area contributed by atoms with Gasteiger partial charge in [-0.15, -0.1) is 0 Å². The molecule has 0 aliphatic heterocycles. The van der Waals surface area contributed by atoms with E-state index >= 15 is 0 Å². The number of esters is 2. The van der Waals surface area contributed by atoms with Crippen LogP contribution in [0, 0.1) is 5.92 Å². The maximum atomic E-state index is 13.1. The summed E-state index contributed by atoms with van der Waals surface area (Å²) in [5.41, 5.74) is -1.21. The molecule has 8 nitrogen and oxygen atoms in total. The van der Waals surface area contributed by atoms with Crippen LogP contribution in [0.25, 0.3) is 0 Å². The van der Waals surface area contributed by atoms with Gasteiger partial charge >= 0.3 is 18.0 Å². The molecular formula is C27H43NO7. The zero-order chi connectivity index (χ0) is 27.0. The highest BCUT2D eigenvalue weighted by atomic mass is 16.6. The van der Waals surface area contributed by atoms with Gasteiger partial charge in [-0.1, -0.05) is 12.1 Å². The largest absolute Gasteiger partial charge is 0.508 e. The van der Waals surface area contributed by atoms with E-state index in [1.54, 1.807) is 74.4 Å². The third-order valence-corrected chi connectivity index (χ3v) is 4.60. The average molecular weight is 494 g/mol. The van der Waals surface area contributed by atoms with Crippen LogP contribution in [0.5, 0.6) is 5.75 Å². The highest BCUT2D eigenvalue weighted by molar-refractivity contribution is 5.83. The number of alkyl carbamates (subject to hydrolysis) is 1. The predicted molar refractivity (Wildman–Crippen MR) is 134 cm³/mol. The summed E-state index contributed by atoms with van der Waals surface area (Å²) in [5, 5.41) is 12.1. The second-order valence-electron chi connectivity index (χ2n) is 11.8. The molecule has 1 amide bonds. The van der Waals surface area contributed by atoms with Crippen LogP contribution >= 0.6 is 0 Å². The van der Waals surface area contributed by atoms with Gasteiger partial charge in [-0.05, 0) is 106 Å². The predicted octanol–water partition coefficient (Wildman–Crippen LogP) is 5.30. The molecule has 0 saturated carbocycles. The number of aromatic hydroxyl groups is 1. The zero-order valence-corrected chi connectivity index (χ0v) is 22.7. The molecule has 0 aliphatic carbocycles. The Hall–Kier alpha value is -2.77. The Balaban J connectivity index is 3.07. The summed E-state index contributed by atoms with van der Waals surface area (Å²) in [7, 11) is 0. The van der Waals surface area contributed by atoms with Crippen LogP contribution in [0.1, 0.15) is 87.1 Å². The van der Waals surface area contributed by atoms with Crippen LogP contribution < -0.4 is 5.32 Å². The van der Waals surface area contributed by atoms with Crippen molar-refractivity contribution >= 4 is 18.0 Å². The zero-order valence-electron chi connectivity index (χ0n) is 22.7. The molecule has 0 fully saturated rings. The minimum Gasteiger partial charge on any atom is -0.508 e. The smallest absolute Gasteiger partial charge is 0.408 e. The summed E-state index contributed by atoms with van der Waals surface area (Å²) in [5.74, 6) is -1.55. The number of hydrogen-bond acceptors (Lipinski definition) is 7. The molecule has 35 heavy (non-hydrogen) atoms. The Labute approximate surface area is 209 Å². The fourth-order valence-corrected chi connectivity index (χ4v) is 3.25. The van der Waals surface area contributed by atoms with Crippen molar-refractivity contribution in [1.82, 2.24) is 5.32 Å². The molecule has 0 heterocycles. The Kier molecular flexibility index (Phi) is 10.6. The Morgan fingerprint density at radius 3 is 1.77 bits per heavy atom. The highest BCUT2D eigenvalue weighted by Crippen LogP contribution is 2.23. The van der Waals surface area contributed by atoms with Crippen LogP contribution in [0.4, 0.5) is 4.79 Å². The molecule has 1 aromatic carbocycles. The molecule has 8 heteroatoms. The van der Waals surface area contributed by atoms with Crippen molar-refractivity contribution in [3.8, 4) is 5.75 Å². The van der Waals surface area contributed by atoms with Crippen molar-refractivity contribution in [3.05, 3.63) is 29.8 Å². The summed E-state index contributed by atoms with van der Waals surface area (Å²) >= 11 is 0. The van der Waals surface area contributed by atoms with Crippen molar-refractivity contribution in [3.63, 3.8) is 0 Å². The van der Waals surface area contributed by atoms with E-state index in [2.05, 4.69) is 5.32 Å². The van der Waals surface area contributed by atoms with Crippen LogP contribution in [-0.4, -0.2) is 46.0 Å². The molecule has 1 aromatic rings. The van der Waals surface area contributed by atoms with Gasteiger partial charge in [0.15, 0.2) is 0 Å². The van der Waals surface area contributed by atoms with Gasteiger partial charge in [0.2, 0.25) is 0 Å². The number of hydrogen-bond donors (Lipinski definition) is 2. The number of ether oxygens (including phenoxy) is 3. The van der Waals surface area contributed by atoms with Crippen LogP contribution in [0.2, 0.25) is 0 Å². The first kappa shape index (κ1) is 30.3. The quantitative estimate of drug-likeness (QED) is 0.355. The first-order valence-corrected chi connectivity index (χ1v) is 12.1. The summed E-state index contributed by atoms with van der Waals surface area (Å²) in [4.78, 5) is 38.5. The Morgan fingerprint density at radius 2 is 1.29 bits per heavy atom. The number of phenols is 1. The van der Waals surface area contributed by atoms with Gasteiger partial charge in [0, 0.05) is 0 Å². The van der Waals surface area contributed by atoms with E-state index in [0.717, 1.165) is 5.56 Å². The molecule has 0 saturated heterocycles. The molecule has 1 unspecified atom stereocenters. The van der Waals surface area contributed by atoms with Crippen LogP contribution in [0.15, 0.2) is 24.3 Å². The molecule has 198 valence electrons. The molecular weight excluding hydrogens is 450 g/mol. The van der Waals surface area contributed by atoms with Gasteiger partial charge in [0.1, 0.15) is 28.6 Å². The summed E-state index contributed by atoms with van der Waals surface area (Å²) in [6, 6.07) is 5.79. The van der Waals surface area contributed by atoms with Crippen molar-refractivity contribution in [1.29, 1.82) is 0 Å². The topological polar surface area (TPSA) is 111 Å². The van der Waals surface area contributed by atoms with E-state index in [9.17, 15) is 19.5 Å². The Morgan fingerprint density at radius 1 is 0.800 bits per heavy atom. The second-order valence-corrected chi connectivity index (χ2v) is 11.8. The lowest BCUT2D eigenvalue weighted by atomic mass is 9.92. The Bertz CT molecular complexity index is 842. The number of amides is 1. The number of carbonyl (C=O) groups excluding carboxylic acids is 3. The van der Waals surface area contributed by atoms with Gasteiger partial charge in [-0.3, -0.25) is 4.79 Å². The maximum absolute atomic E-state index is 13.1. The minimum atomic E-state index is -1.09. The van der Waals surface area contributed by atoms with E-state index in [4.69, 9.17) is 14.2 Å².